The lowest BCUT2D eigenvalue weighted by atomic mass is 10.1. The van der Waals surface area contributed by atoms with Crippen molar-refractivity contribution in [1.82, 2.24) is 20.5 Å². The number of aromatic nitrogens is 1. The van der Waals surface area contributed by atoms with Crippen molar-refractivity contribution >= 4 is 17.8 Å². The standard InChI is InChI=1S/C16H20FN5O2/c1-22(13-5-3-12(17)4-6-13)15(23)10-21-16(24)20-9-11-2-7-14(18)19-8-11/h2-3,5-8,12H,4,9-10H2,1H3,(H2,18,19)(H2,20,21,24). The van der Waals surface area contributed by atoms with Crippen LogP contribution in [-0.4, -0.2) is 41.6 Å². The van der Waals surface area contributed by atoms with Crippen LogP contribution < -0.4 is 16.4 Å². The van der Waals surface area contributed by atoms with Gasteiger partial charge in [0.1, 0.15) is 12.0 Å². The maximum atomic E-state index is 13.0. The Morgan fingerprint density at radius 2 is 2.21 bits per heavy atom. The Morgan fingerprint density at radius 1 is 1.42 bits per heavy atom. The van der Waals surface area contributed by atoms with Gasteiger partial charge in [0.05, 0.1) is 6.54 Å². The molecule has 0 saturated carbocycles. The molecule has 1 unspecified atom stereocenters. The van der Waals surface area contributed by atoms with E-state index in [4.69, 9.17) is 5.73 Å². The van der Waals surface area contributed by atoms with Gasteiger partial charge in [-0.3, -0.25) is 4.79 Å². The number of allylic oxidation sites excluding steroid dienone is 3. The number of pyridine rings is 1. The molecule has 3 amide bonds. The molecule has 1 aromatic heterocycles. The third-order valence-electron chi connectivity index (χ3n) is 3.49. The number of nitrogens with two attached hydrogens (primary N) is 1. The molecule has 0 aromatic carbocycles. The number of hydrogen-bond acceptors (Lipinski definition) is 4. The largest absolute Gasteiger partial charge is 0.384 e. The van der Waals surface area contributed by atoms with Crippen LogP contribution in [0.4, 0.5) is 15.0 Å². The highest BCUT2D eigenvalue weighted by atomic mass is 19.1. The topological polar surface area (TPSA) is 100 Å². The highest BCUT2D eigenvalue weighted by molar-refractivity contribution is 5.85. The van der Waals surface area contributed by atoms with Gasteiger partial charge in [0.15, 0.2) is 0 Å². The molecule has 1 aromatic rings. The first-order chi connectivity index (χ1) is 11.5. The Labute approximate surface area is 139 Å². The lowest BCUT2D eigenvalue weighted by Gasteiger charge is -2.21. The summed E-state index contributed by atoms with van der Waals surface area (Å²) in [6.45, 7) is 0.113. The number of hydrogen-bond donors (Lipinski definition) is 3. The van der Waals surface area contributed by atoms with Crippen molar-refractivity contribution in [1.29, 1.82) is 0 Å². The van der Waals surface area contributed by atoms with Gasteiger partial charge in [-0.05, 0) is 23.8 Å². The summed E-state index contributed by atoms with van der Waals surface area (Å²) < 4.78 is 13.0. The lowest BCUT2D eigenvalue weighted by molar-refractivity contribution is -0.126. The summed E-state index contributed by atoms with van der Waals surface area (Å²) in [4.78, 5) is 29.0. The van der Waals surface area contributed by atoms with Gasteiger partial charge in [0.2, 0.25) is 5.91 Å². The molecule has 2 rings (SSSR count). The van der Waals surface area contributed by atoms with E-state index < -0.39 is 12.2 Å². The fraction of sp³-hybridized carbons (Fsp3) is 0.312. The van der Waals surface area contributed by atoms with E-state index in [2.05, 4.69) is 15.6 Å². The van der Waals surface area contributed by atoms with Crippen molar-refractivity contribution < 1.29 is 14.0 Å². The molecular weight excluding hydrogens is 313 g/mol. The minimum absolute atomic E-state index is 0.160. The van der Waals surface area contributed by atoms with Crippen LogP contribution in [0.2, 0.25) is 0 Å². The van der Waals surface area contributed by atoms with E-state index in [9.17, 15) is 14.0 Å². The molecule has 1 aliphatic carbocycles. The van der Waals surface area contributed by atoms with Crippen molar-refractivity contribution in [2.24, 2.45) is 0 Å². The summed E-state index contributed by atoms with van der Waals surface area (Å²) in [6, 6.07) is 2.92. The van der Waals surface area contributed by atoms with Gasteiger partial charge in [-0.15, -0.1) is 0 Å². The van der Waals surface area contributed by atoms with Crippen LogP contribution in [0, 0.1) is 0 Å². The van der Waals surface area contributed by atoms with E-state index in [1.165, 1.54) is 11.0 Å². The number of anilines is 1. The quantitative estimate of drug-likeness (QED) is 0.751. The Balaban J connectivity index is 1.73. The number of nitrogen functional groups attached to an aromatic ring is 1. The average molecular weight is 333 g/mol. The molecule has 7 nitrogen and oxygen atoms in total. The zero-order valence-electron chi connectivity index (χ0n) is 13.3. The Bertz CT molecular complexity index is 657. The van der Waals surface area contributed by atoms with Gasteiger partial charge >= 0.3 is 6.03 Å². The summed E-state index contributed by atoms with van der Waals surface area (Å²) in [5.74, 6) is 0.106. The number of halogens is 1. The molecule has 1 atom stereocenters. The Kier molecular flexibility index (Phi) is 5.89. The number of carbonyl (C=O) groups excluding carboxylic acids is 2. The highest BCUT2D eigenvalue weighted by Crippen LogP contribution is 2.15. The van der Waals surface area contributed by atoms with Crippen molar-refractivity contribution in [3.63, 3.8) is 0 Å². The third-order valence-corrected chi connectivity index (χ3v) is 3.49. The molecule has 24 heavy (non-hydrogen) atoms. The number of rotatable bonds is 5. The highest BCUT2D eigenvalue weighted by Gasteiger charge is 2.15. The fourth-order valence-electron chi connectivity index (χ4n) is 2.04. The van der Waals surface area contributed by atoms with Crippen LogP contribution in [0.25, 0.3) is 0 Å². The summed E-state index contributed by atoms with van der Waals surface area (Å²) in [5.41, 5.74) is 6.89. The predicted molar refractivity (Wildman–Crippen MR) is 88.4 cm³/mol. The number of nitrogens with one attached hydrogen (secondary N) is 2. The van der Waals surface area contributed by atoms with E-state index in [0.717, 1.165) is 5.56 Å². The lowest BCUT2D eigenvalue weighted by Crippen LogP contribution is -2.42. The Hall–Kier alpha value is -2.90. The van der Waals surface area contributed by atoms with E-state index in [-0.39, 0.29) is 25.4 Å². The van der Waals surface area contributed by atoms with Gasteiger partial charge in [-0.25, -0.2) is 14.2 Å². The number of alkyl halides is 1. The van der Waals surface area contributed by atoms with Crippen LogP contribution in [0.1, 0.15) is 12.0 Å². The second kappa shape index (κ2) is 8.09. The monoisotopic (exact) mass is 333 g/mol. The van der Waals surface area contributed by atoms with Crippen molar-refractivity contribution in [2.75, 3.05) is 19.3 Å². The summed E-state index contributed by atoms with van der Waals surface area (Å²) in [7, 11) is 1.58. The minimum atomic E-state index is -1.01. The first kappa shape index (κ1) is 17.5. The third kappa shape index (κ3) is 5.08. The maximum Gasteiger partial charge on any atom is 0.315 e. The SMILES string of the molecule is CN(C(=O)CNC(=O)NCc1ccc(N)nc1)C1=CCC(F)C=C1. The van der Waals surface area contributed by atoms with Crippen molar-refractivity contribution in [3.8, 4) is 0 Å². The first-order valence-electron chi connectivity index (χ1n) is 7.47. The van der Waals surface area contributed by atoms with E-state index in [1.54, 1.807) is 37.5 Å². The molecule has 0 bridgehead atoms. The molecular formula is C16H20FN5O2. The van der Waals surface area contributed by atoms with E-state index in [0.29, 0.717) is 11.5 Å². The first-order valence-corrected chi connectivity index (χ1v) is 7.47. The molecule has 0 aliphatic heterocycles. The van der Waals surface area contributed by atoms with Crippen LogP contribution in [-0.2, 0) is 11.3 Å². The second-order valence-electron chi connectivity index (χ2n) is 5.32. The summed E-state index contributed by atoms with van der Waals surface area (Å²) >= 11 is 0. The zero-order chi connectivity index (χ0) is 17.5. The number of urea groups is 1. The van der Waals surface area contributed by atoms with Gasteiger partial charge in [0.25, 0.3) is 0 Å². The number of amides is 3. The van der Waals surface area contributed by atoms with Crippen molar-refractivity contribution in [2.45, 2.75) is 19.1 Å². The fourth-order valence-corrected chi connectivity index (χ4v) is 2.04. The normalized spacial score (nSPS) is 16.2. The molecule has 128 valence electrons. The molecule has 1 aliphatic rings. The van der Waals surface area contributed by atoms with Gasteiger partial charge in [-0.1, -0.05) is 12.1 Å². The van der Waals surface area contributed by atoms with Crippen LogP contribution in [0.15, 0.2) is 42.3 Å². The molecule has 0 saturated heterocycles. The smallest absolute Gasteiger partial charge is 0.315 e. The number of likely N-dealkylation sites (N-methyl/N-ethyl adjacent to an activating group) is 1. The summed E-state index contributed by atoms with van der Waals surface area (Å²) in [6.07, 6.45) is 5.40. The summed E-state index contributed by atoms with van der Waals surface area (Å²) in [5, 5.41) is 5.10. The Morgan fingerprint density at radius 3 is 2.83 bits per heavy atom. The van der Waals surface area contributed by atoms with Gasteiger partial charge in [-0.2, -0.15) is 0 Å². The van der Waals surface area contributed by atoms with Crippen molar-refractivity contribution in [3.05, 3.63) is 47.8 Å². The number of carbonyl (C=O) groups is 2. The zero-order valence-corrected chi connectivity index (χ0v) is 13.3. The second-order valence-corrected chi connectivity index (χ2v) is 5.32. The molecule has 1 heterocycles. The molecule has 0 fully saturated rings. The van der Waals surface area contributed by atoms with Gasteiger partial charge < -0.3 is 21.3 Å². The van der Waals surface area contributed by atoms with Crippen LogP contribution in [0.5, 0.6) is 0 Å². The van der Waals surface area contributed by atoms with Crippen LogP contribution >= 0.6 is 0 Å². The molecule has 8 heteroatoms. The van der Waals surface area contributed by atoms with E-state index in [1.807, 2.05) is 0 Å². The van der Waals surface area contributed by atoms with E-state index >= 15 is 0 Å². The average Bonchev–Trinajstić information content (AvgIpc) is 2.59. The maximum absolute atomic E-state index is 13.0. The minimum Gasteiger partial charge on any atom is -0.384 e. The molecule has 0 radical (unpaired) electrons. The number of nitrogens with zero attached hydrogens (tertiary/aromatic N) is 2. The predicted octanol–water partition coefficient (Wildman–Crippen LogP) is 1.10. The van der Waals surface area contributed by atoms with Crippen LogP contribution in [0.3, 0.4) is 0 Å². The molecule has 0 spiro atoms. The van der Waals surface area contributed by atoms with Gasteiger partial charge in [0, 0.05) is 31.9 Å². The molecule has 4 N–H and O–H groups in total.